The van der Waals surface area contributed by atoms with Gasteiger partial charge in [-0.15, -0.1) is 10.2 Å². The fourth-order valence-corrected chi connectivity index (χ4v) is 2.96. The Morgan fingerprint density at radius 1 is 1.13 bits per heavy atom. The summed E-state index contributed by atoms with van der Waals surface area (Å²) < 4.78 is 5.62. The Kier molecular flexibility index (Phi) is 2.00. The van der Waals surface area contributed by atoms with E-state index in [0.29, 0.717) is 0 Å². The summed E-state index contributed by atoms with van der Waals surface area (Å²) in [5.41, 5.74) is 0.959. The second-order valence-electron chi connectivity index (χ2n) is 3.15. The van der Waals surface area contributed by atoms with Gasteiger partial charge in [-0.3, -0.25) is 0 Å². The molecular weight excluding hydrogens is 226 g/mol. The van der Waals surface area contributed by atoms with E-state index in [4.69, 9.17) is 0 Å². The highest BCUT2D eigenvalue weighted by molar-refractivity contribution is 7.16. The van der Waals surface area contributed by atoms with Gasteiger partial charge in [-0.05, 0) is 24.5 Å². The topological polar surface area (TPSA) is 38.7 Å². The van der Waals surface area contributed by atoms with Crippen molar-refractivity contribution in [3.63, 3.8) is 0 Å². The van der Waals surface area contributed by atoms with Crippen LogP contribution in [0, 0.1) is 6.92 Å². The van der Waals surface area contributed by atoms with Gasteiger partial charge in [-0.25, -0.2) is 0 Å². The Morgan fingerprint density at radius 3 is 2.80 bits per heavy atom. The largest absolute Gasteiger partial charge is 0.189 e. The first kappa shape index (κ1) is 8.94. The smallest absolute Gasteiger partial charge is 0.168 e. The van der Waals surface area contributed by atoms with Gasteiger partial charge >= 0.3 is 0 Å². The average Bonchev–Trinajstić information content (AvgIpc) is 2.83. The summed E-state index contributed by atoms with van der Waals surface area (Å²) in [4.78, 5) is 0. The van der Waals surface area contributed by atoms with Crippen LogP contribution in [0.4, 0.5) is 0 Å². The molecule has 0 saturated carbocycles. The summed E-state index contributed by atoms with van der Waals surface area (Å²) in [5, 5.41) is 11.2. The molecule has 0 saturated heterocycles. The molecule has 0 N–H and O–H groups in total. The lowest BCUT2D eigenvalue weighted by atomic mass is 10.2. The minimum atomic E-state index is 0.907. The molecular formula is C10H7N3S2. The van der Waals surface area contributed by atoms with Crippen molar-refractivity contribution >= 4 is 33.0 Å². The van der Waals surface area contributed by atoms with Gasteiger partial charge in [0.2, 0.25) is 0 Å². The standard InChI is InChI=1S/C10H7N3S2/c1-6-11-12-10(14-6)9-7-4-2-3-5-8(7)15-13-9/h2-5H,1H3. The van der Waals surface area contributed by atoms with Crippen molar-refractivity contribution in [1.82, 2.24) is 14.6 Å². The molecule has 2 heterocycles. The van der Waals surface area contributed by atoms with Crippen LogP contribution >= 0.6 is 22.9 Å². The van der Waals surface area contributed by atoms with Crippen molar-refractivity contribution in [1.29, 1.82) is 0 Å². The van der Waals surface area contributed by atoms with E-state index in [1.165, 1.54) is 21.6 Å². The summed E-state index contributed by atoms with van der Waals surface area (Å²) in [6.07, 6.45) is 0. The number of hydrogen-bond acceptors (Lipinski definition) is 5. The van der Waals surface area contributed by atoms with Crippen molar-refractivity contribution in [3.05, 3.63) is 29.3 Å². The quantitative estimate of drug-likeness (QED) is 0.648. The van der Waals surface area contributed by atoms with E-state index in [1.807, 2.05) is 19.1 Å². The predicted octanol–water partition coefficient (Wildman–Crippen LogP) is 3.12. The first-order valence-electron chi connectivity index (χ1n) is 4.49. The molecule has 0 aliphatic rings. The lowest BCUT2D eigenvalue weighted by molar-refractivity contribution is 1.05. The van der Waals surface area contributed by atoms with Gasteiger partial charge in [-0.2, -0.15) is 4.37 Å². The lowest BCUT2D eigenvalue weighted by Crippen LogP contribution is -1.76. The van der Waals surface area contributed by atoms with Crippen LogP contribution in [0.1, 0.15) is 5.01 Å². The number of aryl methyl sites for hydroxylation is 1. The highest BCUT2D eigenvalue weighted by Gasteiger charge is 2.11. The molecule has 3 rings (SSSR count). The van der Waals surface area contributed by atoms with Crippen LogP contribution < -0.4 is 0 Å². The molecule has 74 valence electrons. The normalized spacial score (nSPS) is 11.0. The summed E-state index contributed by atoms with van der Waals surface area (Å²) >= 11 is 3.09. The molecule has 0 atom stereocenters. The SMILES string of the molecule is Cc1nnc(-c2nsc3ccccc23)s1. The third kappa shape index (κ3) is 1.44. The Bertz CT molecular complexity index is 612. The van der Waals surface area contributed by atoms with Gasteiger partial charge in [0.1, 0.15) is 10.7 Å². The van der Waals surface area contributed by atoms with E-state index in [2.05, 4.69) is 26.7 Å². The molecule has 3 nitrogen and oxygen atoms in total. The summed E-state index contributed by atoms with van der Waals surface area (Å²) in [7, 11) is 0. The maximum atomic E-state index is 4.43. The summed E-state index contributed by atoms with van der Waals surface area (Å²) in [5.74, 6) is 0. The van der Waals surface area contributed by atoms with Crippen LogP contribution in [-0.4, -0.2) is 14.6 Å². The predicted molar refractivity (Wildman–Crippen MR) is 63.3 cm³/mol. The Morgan fingerprint density at radius 2 is 2.00 bits per heavy atom. The monoisotopic (exact) mass is 233 g/mol. The van der Waals surface area contributed by atoms with E-state index in [-0.39, 0.29) is 0 Å². The van der Waals surface area contributed by atoms with Crippen LogP contribution in [0.3, 0.4) is 0 Å². The van der Waals surface area contributed by atoms with Crippen LogP contribution in [0.2, 0.25) is 0 Å². The molecule has 0 spiro atoms. The zero-order valence-electron chi connectivity index (χ0n) is 7.97. The molecule has 0 unspecified atom stereocenters. The average molecular weight is 233 g/mol. The summed E-state index contributed by atoms with van der Waals surface area (Å²) in [6.45, 7) is 1.95. The number of nitrogens with zero attached hydrogens (tertiary/aromatic N) is 3. The van der Waals surface area contributed by atoms with Crippen molar-refractivity contribution in [3.8, 4) is 10.7 Å². The molecule has 2 aromatic heterocycles. The van der Waals surface area contributed by atoms with Gasteiger partial charge in [0, 0.05) is 5.39 Å². The molecule has 0 radical (unpaired) electrons. The van der Waals surface area contributed by atoms with E-state index in [1.54, 1.807) is 11.3 Å². The summed E-state index contributed by atoms with van der Waals surface area (Å²) in [6, 6.07) is 8.19. The van der Waals surface area contributed by atoms with E-state index >= 15 is 0 Å². The number of hydrogen-bond donors (Lipinski definition) is 0. The van der Waals surface area contributed by atoms with E-state index in [9.17, 15) is 0 Å². The number of benzene rings is 1. The maximum absolute atomic E-state index is 4.43. The first-order valence-corrected chi connectivity index (χ1v) is 6.08. The highest BCUT2D eigenvalue weighted by Crippen LogP contribution is 2.31. The van der Waals surface area contributed by atoms with Crippen LogP contribution in [0.25, 0.3) is 20.8 Å². The van der Waals surface area contributed by atoms with Gasteiger partial charge in [-0.1, -0.05) is 29.5 Å². The molecule has 15 heavy (non-hydrogen) atoms. The fraction of sp³-hybridized carbons (Fsp3) is 0.100. The Labute approximate surface area is 94.6 Å². The van der Waals surface area contributed by atoms with Crippen molar-refractivity contribution in [2.45, 2.75) is 6.92 Å². The minimum Gasteiger partial charge on any atom is -0.189 e. The van der Waals surface area contributed by atoms with Crippen molar-refractivity contribution < 1.29 is 0 Å². The van der Waals surface area contributed by atoms with Crippen LogP contribution in [-0.2, 0) is 0 Å². The Hall–Kier alpha value is -1.33. The second kappa shape index (κ2) is 3.36. The van der Waals surface area contributed by atoms with E-state index < -0.39 is 0 Å². The zero-order valence-corrected chi connectivity index (χ0v) is 9.60. The zero-order chi connectivity index (χ0) is 10.3. The van der Waals surface area contributed by atoms with E-state index in [0.717, 1.165) is 15.7 Å². The third-order valence-electron chi connectivity index (χ3n) is 2.11. The number of fused-ring (bicyclic) bond motifs is 1. The molecule has 0 fully saturated rings. The van der Waals surface area contributed by atoms with Gasteiger partial charge in [0.15, 0.2) is 5.01 Å². The van der Waals surface area contributed by atoms with Crippen LogP contribution in [0.5, 0.6) is 0 Å². The fourth-order valence-electron chi connectivity index (χ4n) is 1.43. The maximum Gasteiger partial charge on any atom is 0.168 e. The van der Waals surface area contributed by atoms with Crippen molar-refractivity contribution in [2.75, 3.05) is 0 Å². The molecule has 5 heteroatoms. The van der Waals surface area contributed by atoms with Gasteiger partial charge < -0.3 is 0 Å². The Balaban J connectivity index is 2.27. The number of rotatable bonds is 1. The highest BCUT2D eigenvalue weighted by atomic mass is 32.1. The van der Waals surface area contributed by atoms with Crippen molar-refractivity contribution in [2.24, 2.45) is 0 Å². The minimum absolute atomic E-state index is 0.907. The first-order chi connectivity index (χ1) is 7.34. The third-order valence-corrected chi connectivity index (χ3v) is 3.78. The lowest BCUT2D eigenvalue weighted by Gasteiger charge is -1.89. The van der Waals surface area contributed by atoms with Gasteiger partial charge in [0.25, 0.3) is 0 Å². The number of aromatic nitrogens is 3. The molecule has 0 amide bonds. The molecule has 3 aromatic rings. The van der Waals surface area contributed by atoms with Crippen LogP contribution in [0.15, 0.2) is 24.3 Å². The second-order valence-corrected chi connectivity index (χ2v) is 5.14. The van der Waals surface area contributed by atoms with Gasteiger partial charge in [0.05, 0.1) is 4.70 Å². The molecule has 0 bridgehead atoms. The molecule has 0 aliphatic heterocycles. The molecule has 1 aromatic carbocycles. The molecule has 0 aliphatic carbocycles.